The van der Waals surface area contributed by atoms with E-state index in [0.29, 0.717) is 31.8 Å². The van der Waals surface area contributed by atoms with Gasteiger partial charge in [0.05, 0.1) is 43.0 Å². The van der Waals surface area contributed by atoms with Gasteiger partial charge in [0.1, 0.15) is 17.9 Å². The van der Waals surface area contributed by atoms with E-state index in [1.807, 2.05) is 49.6 Å². The van der Waals surface area contributed by atoms with Crippen LogP contribution >= 0.6 is 0 Å². The van der Waals surface area contributed by atoms with Crippen molar-refractivity contribution in [2.75, 3.05) is 27.3 Å². The molecule has 4 heterocycles. The molecule has 1 saturated carbocycles. The maximum atomic E-state index is 14.9. The van der Waals surface area contributed by atoms with Crippen molar-refractivity contribution in [1.82, 2.24) is 30.4 Å². The lowest BCUT2D eigenvalue weighted by Crippen LogP contribution is -2.53. The van der Waals surface area contributed by atoms with E-state index in [-0.39, 0.29) is 41.5 Å². The van der Waals surface area contributed by atoms with Gasteiger partial charge in [-0.05, 0) is 114 Å². The predicted molar refractivity (Wildman–Crippen MR) is 248 cm³/mol. The number of ether oxygens (including phenoxy) is 2. The molecule has 65 heavy (non-hydrogen) atoms. The summed E-state index contributed by atoms with van der Waals surface area (Å²) in [5.74, 6) is 0.423. The van der Waals surface area contributed by atoms with Gasteiger partial charge in [0.15, 0.2) is 5.78 Å². The highest BCUT2D eigenvalue weighted by Gasteiger charge is 2.48. The number of benzene rings is 3. The van der Waals surface area contributed by atoms with Crippen LogP contribution in [-0.2, 0) is 31.9 Å². The normalized spacial score (nSPS) is 20.9. The Labute approximate surface area is 380 Å². The number of rotatable bonds is 10. The fourth-order valence-electron chi connectivity index (χ4n) is 11.3. The zero-order valence-electron chi connectivity index (χ0n) is 38.4. The first-order valence-electron chi connectivity index (χ1n) is 23.5. The minimum Gasteiger partial charge on any atom is -0.453 e. The number of Topliss-reactive ketones (excluding diaryl/α,β-unsaturated/α-hetero) is 1. The molecule has 0 unspecified atom stereocenters. The van der Waals surface area contributed by atoms with E-state index in [4.69, 9.17) is 19.5 Å². The molecule has 2 aliphatic carbocycles. The quantitative estimate of drug-likeness (QED) is 0.142. The van der Waals surface area contributed by atoms with Crippen LogP contribution in [0.5, 0.6) is 0 Å². The maximum absolute atomic E-state index is 14.9. The molecule has 1 spiro atoms. The average molecular weight is 884 g/mol. The van der Waals surface area contributed by atoms with E-state index in [0.717, 1.165) is 119 Å². The SMILES string of the molecule is COC(=O)N[C@H](C(=O)N1CCC[C@H]1C1=Nc2ccc(-c3ccc(-c4ccc5nc([C@@H]6CCCN6C(=O)[C@@H](NC(=O)OC)C(C)C)[nH]c5c4)c4c3CC3(CCCCC3)C4=O)cc2C1)C(C)C. The van der Waals surface area contributed by atoms with Crippen molar-refractivity contribution in [3.8, 4) is 22.3 Å². The summed E-state index contributed by atoms with van der Waals surface area (Å²) in [4.78, 5) is 84.3. The van der Waals surface area contributed by atoms with Crippen LogP contribution in [-0.4, -0.2) is 101 Å². The summed E-state index contributed by atoms with van der Waals surface area (Å²) in [7, 11) is 2.59. The number of aromatic nitrogens is 2. The molecule has 3 aliphatic heterocycles. The number of likely N-dealkylation sites (tertiary alicyclic amines) is 2. The number of hydrogen-bond acceptors (Lipinski definition) is 9. The Hall–Kier alpha value is -6.05. The van der Waals surface area contributed by atoms with Gasteiger partial charge in [-0.15, -0.1) is 0 Å². The molecule has 342 valence electrons. The van der Waals surface area contributed by atoms with E-state index in [1.165, 1.54) is 14.2 Å². The van der Waals surface area contributed by atoms with Gasteiger partial charge in [-0.25, -0.2) is 14.6 Å². The highest BCUT2D eigenvalue weighted by atomic mass is 16.5. The third-order valence-electron chi connectivity index (χ3n) is 14.7. The van der Waals surface area contributed by atoms with Gasteiger partial charge >= 0.3 is 12.2 Å². The van der Waals surface area contributed by atoms with Gasteiger partial charge in [-0.1, -0.05) is 71.2 Å². The van der Waals surface area contributed by atoms with Gasteiger partial charge in [0.2, 0.25) is 11.8 Å². The van der Waals surface area contributed by atoms with Crippen LogP contribution in [0.4, 0.5) is 15.3 Å². The van der Waals surface area contributed by atoms with Crippen molar-refractivity contribution >= 4 is 52.2 Å². The number of nitrogens with one attached hydrogen (secondary N) is 3. The molecule has 4 amide bonds. The fourth-order valence-corrected chi connectivity index (χ4v) is 11.3. The highest BCUT2D eigenvalue weighted by Crippen LogP contribution is 2.52. The molecule has 4 atom stereocenters. The van der Waals surface area contributed by atoms with Gasteiger partial charge in [0.25, 0.3) is 0 Å². The number of carbonyl (C=O) groups excluding carboxylic acids is 5. The molecule has 1 aromatic heterocycles. The standard InChI is InChI=1S/C51H61N7O7/c1-28(2)43(55-49(62)64-5)47(60)57-22-10-12-40(57)39-26-32-24-30(14-18-36(32)52-39)33-16-17-34(42-35(33)27-51(45(42)59)20-8-7-9-21-51)31-15-19-37-38(25-31)54-46(53-37)41-13-11-23-58(41)48(61)44(29(3)4)56-50(63)65-6/h14-19,24-25,28-29,40-41,43-44H,7-13,20-23,26-27H2,1-6H3,(H,53,54)(H,55,62)(H,56,63)/t40-,41-,43-,44-/m0/s1. The summed E-state index contributed by atoms with van der Waals surface area (Å²) in [5.41, 5.74) is 10.0. The van der Waals surface area contributed by atoms with E-state index in [1.54, 1.807) is 0 Å². The third kappa shape index (κ3) is 8.07. The third-order valence-corrected chi connectivity index (χ3v) is 14.7. The van der Waals surface area contributed by atoms with E-state index < -0.39 is 29.7 Å². The van der Waals surface area contributed by atoms with E-state index >= 15 is 0 Å². The van der Waals surface area contributed by atoms with Crippen LogP contribution in [0.2, 0.25) is 0 Å². The number of fused-ring (bicyclic) bond motifs is 3. The highest BCUT2D eigenvalue weighted by molar-refractivity contribution is 6.12. The van der Waals surface area contributed by atoms with E-state index in [2.05, 4.69) is 52.0 Å². The average Bonchev–Trinajstić information content (AvgIpc) is 4.16. The lowest BCUT2D eigenvalue weighted by molar-refractivity contribution is -0.135. The van der Waals surface area contributed by atoms with E-state index in [9.17, 15) is 24.0 Å². The fraction of sp³-hybridized carbons (Fsp3) is 0.510. The second-order valence-electron chi connectivity index (χ2n) is 19.4. The summed E-state index contributed by atoms with van der Waals surface area (Å²) in [6.45, 7) is 8.82. The summed E-state index contributed by atoms with van der Waals surface area (Å²) in [6.07, 6.45) is 8.32. The van der Waals surface area contributed by atoms with Crippen LogP contribution in [0, 0.1) is 17.3 Å². The van der Waals surface area contributed by atoms with Crippen molar-refractivity contribution in [2.24, 2.45) is 22.2 Å². The maximum Gasteiger partial charge on any atom is 0.407 e. The van der Waals surface area contributed by atoms with Crippen molar-refractivity contribution in [3.63, 3.8) is 0 Å². The molecule has 0 radical (unpaired) electrons. The smallest absolute Gasteiger partial charge is 0.407 e. The second kappa shape index (κ2) is 17.7. The Bertz CT molecular complexity index is 2590. The van der Waals surface area contributed by atoms with Crippen LogP contribution < -0.4 is 10.6 Å². The molecule has 2 saturated heterocycles. The minimum absolute atomic E-state index is 0.114. The zero-order chi connectivity index (χ0) is 45.7. The molecule has 14 heteroatoms. The monoisotopic (exact) mass is 883 g/mol. The number of amides is 4. The number of hydrogen-bond donors (Lipinski definition) is 3. The molecule has 9 rings (SSSR count). The van der Waals surface area contributed by atoms with Crippen molar-refractivity contribution in [3.05, 3.63) is 71.0 Å². The zero-order valence-corrected chi connectivity index (χ0v) is 38.4. The van der Waals surface area contributed by atoms with Gasteiger partial charge in [-0.3, -0.25) is 19.4 Å². The number of imidazole rings is 1. The topological polar surface area (TPSA) is 175 Å². The number of methoxy groups -OCH3 is 2. The number of aromatic amines is 1. The molecule has 3 fully saturated rings. The number of carbonyl (C=O) groups is 5. The van der Waals surface area contributed by atoms with Crippen LogP contribution in [0.25, 0.3) is 33.3 Å². The molecule has 4 aromatic rings. The number of nitrogens with zero attached hydrogens (tertiary/aromatic N) is 4. The lowest BCUT2D eigenvalue weighted by atomic mass is 9.71. The van der Waals surface area contributed by atoms with Crippen LogP contribution in [0.1, 0.15) is 119 Å². The van der Waals surface area contributed by atoms with Crippen LogP contribution in [0.3, 0.4) is 0 Å². The summed E-state index contributed by atoms with van der Waals surface area (Å²) in [5, 5.41) is 5.47. The van der Waals surface area contributed by atoms with Crippen molar-refractivity contribution in [2.45, 2.75) is 122 Å². The first kappa shape index (κ1) is 44.2. The molecule has 3 N–H and O–H groups in total. The van der Waals surface area contributed by atoms with Crippen molar-refractivity contribution in [1.29, 1.82) is 0 Å². The van der Waals surface area contributed by atoms with Gasteiger partial charge in [-0.2, -0.15) is 0 Å². The molecule has 0 bridgehead atoms. The first-order valence-corrected chi connectivity index (χ1v) is 23.5. The summed E-state index contributed by atoms with van der Waals surface area (Å²) < 4.78 is 9.65. The number of alkyl carbamates (subject to hydrolysis) is 2. The number of aliphatic imine (C=N–C) groups is 1. The van der Waals surface area contributed by atoms with Gasteiger partial charge < -0.3 is 34.9 Å². The minimum atomic E-state index is -0.723. The molecular weight excluding hydrogens is 823 g/mol. The Kier molecular flexibility index (Phi) is 12.0. The summed E-state index contributed by atoms with van der Waals surface area (Å²) >= 11 is 0. The second-order valence-corrected chi connectivity index (χ2v) is 19.4. The van der Waals surface area contributed by atoms with Gasteiger partial charge in [0, 0.05) is 36.2 Å². The molecular formula is C51H61N7O7. The number of H-pyrrole nitrogens is 1. The molecule has 14 nitrogen and oxygen atoms in total. The first-order chi connectivity index (χ1) is 31.3. The Morgan fingerprint density at radius 1 is 0.754 bits per heavy atom. The Morgan fingerprint density at radius 3 is 2.00 bits per heavy atom. The lowest BCUT2D eigenvalue weighted by Gasteiger charge is -2.31. The predicted octanol–water partition coefficient (Wildman–Crippen LogP) is 8.63. The Morgan fingerprint density at radius 2 is 1.35 bits per heavy atom. The molecule has 5 aliphatic rings. The largest absolute Gasteiger partial charge is 0.453 e. The number of ketones is 1. The summed E-state index contributed by atoms with van der Waals surface area (Å²) in [6, 6.07) is 15.0. The van der Waals surface area contributed by atoms with Crippen molar-refractivity contribution < 1.29 is 33.4 Å². The Balaban J connectivity index is 1.01. The van der Waals surface area contributed by atoms with Crippen LogP contribution in [0.15, 0.2) is 53.5 Å². The molecule has 3 aromatic carbocycles.